The lowest BCUT2D eigenvalue weighted by Gasteiger charge is -2.34. The summed E-state index contributed by atoms with van der Waals surface area (Å²) in [5.41, 5.74) is 3.22. The Labute approximate surface area is 182 Å². The van der Waals surface area contributed by atoms with Crippen molar-refractivity contribution in [1.29, 1.82) is 0 Å². The van der Waals surface area contributed by atoms with Gasteiger partial charge in [0.05, 0.1) is 0 Å². The molecular formula is C25H27FN2O3. The topological polar surface area (TPSA) is 45.9 Å². The van der Waals surface area contributed by atoms with Crippen molar-refractivity contribution in [2.45, 2.75) is 27.0 Å². The third kappa shape index (κ3) is 5.52. The van der Waals surface area contributed by atoms with Crippen LogP contribution in [0.15, 0.2) is 59.0 Å². The minimum absolute atomic E-state index is 0.108. The van der Waals surface area contributed by atoms with Crippen LogP contribution >= 0.6 is 0 Å². The van der Waals surface area contributed by atoms with Gasteiger partial charge in [0.1, 0.15) is 23.9 Å². The van der Waals surface area contributed by atoms with Crippen molar-refractivity contribution < 1.29 is 18.3 Å². The van der Waals surface area contributed by atoms with Crippen molar-refractivity contribution in [3.63, 3.8) is 0 Å². The molecule has 5 nitrogen and oxygen atoms in total. The molecule has 0 N–H and O–H groups in total. The van der Waals surface area contributed by atoms with Gasteiger partial charge in [0.15, 0.2) is 5.76 Å². The molecule has 0 bridgehead atoms. The predicted molar refractivity (Wildman–Crippen MR) is 117 cm³/mol. The van der Waals surface area contributed by atoms with Crippen LogP contribution < -0.4 is 4.74 Å². The number of carbonyl (C=O) groups is 1. The van der Waals surface area contributed by atoms with E-state index < -0.39 is 0 Å². The van der Waals surface area contributed by atoms with Crippen LogP contribution in [0.2, 0.25) is 0 Å². The molecule has 0 saturated carbocycles. The van der Waals surface area contributed by atoms with E-state index in [-0.39, 0.29) is 18.3 Å². The Bertz CT molecular complexity index is 1030. The normalized spacial score (nSPS) is 14.6. The minimum atomic E-state index is -0.221. The van der Waals surface area contributed by atoms with Crippen molar-refractivity contribution >= 4 is 5.91 Å². The van der Waals surface area contributed by atoms with Crippen molar-refractivity contribution in [3.05, 3.63) is 88.6 Å². The minimum Gasteiger partial charge on any atom is -0.486 e. The highest BCUT2D eigenvalue weighted by Crippen LogP contribution is 2.19. The van der Waals surface area contributed by atoms with E-state index in [0.717, 1.165) is 35.5 Å². The van der Waals surface area contributed by atoms with E-state index in [4.69, 9.17) is 9.15 Å². The van der Waals surface area contributed by atoms with Crippen molar-refractivity contribution in [2.24, 2.45) is 0 Å². The quantitative estimate of drug-likeness (QED) is 0.584. The van der Waals surface area contributed by atoms with Gasteiger partial charge in [-0.15, -0.1) is 0 Å². The number of aryl methyl sites for hydroxylation is 2. The number of amides is 1. The molecule has 1 saturated heterocycles. The Hall–Kier alpha value is -3.12. The maximum absolute atomic E-state index is 13.4. The van der Waals surface area contributed by atoms with E-state index in [1.165, 1.54) is 6.07 Å². The summed E-state index contributed by atoms with van der Waals surface area (Å²) in [5, 5.41) is 0. The van der Waals surface area contributed by atoms with Crippen LogP contribution in [0, 0.1) is 19.7 Å². The molecule has 0 atom stereocenters. The summed E-state index contributed by atoms with van der Waals surface area (Å²) in [6.07, 6.45) is 0. The second-order valence-electron chi connectivity index (χ2n) is 8.08. The second-order valence-corrected chi connectivity index (χ2v) is 8.08. The van der Waals surface area contributed by atoms with Crippen molar-refractivity contribution in [3.8, 4) is 5.75 Å². The maximum atomic E-state index is 13.4. The molecule has 2 aromatic carbocycles. The van der Waals surface area contributed by atoms with E-state index in [1.54, 1.807) is 29.2 Å². The van der Waals surface area contributed by atoms with Crippen LogP contribution in [0.1, 0.15) is 33.0 Å². The predicted octanol–water partition coefficient (Wildman–Crippen LogP) is 4.57. The number of benzene rings is 2. The summed E-state index contributed by atoms with van der Waals surface area (Å²) < 4.78 is 24.9. The van der Waals surface area contributed by atoms with E-state index >= 15 is 0 Å². The zero-order valence-electron chi connectivity index (χ0n) is 17.9. The highest BCUT2D eigenvalue weighted by Gasteiger charge is 2.24. The molecule has 1 fully saturated rings. The summed E-state index contributed by atoms with van der Waals surface area (Å²) in [7, 11) is 0. The summed E-state index contributed by atoms with van der Waals surface area (Å²) in [4.78, 5) is 16.8. The average molecular weight is 423 g/mol. The smallest absolute Gasteiger partial charge is 0.289 e. The number of hydrogen-bond acceptors (Lipinski definition) is 4. The second kappa shape index (κ2) is 9.35. The van der Waals surface area contributed by atoms with Crippen LogP contribution in [0.25, 0.3) is 0 Å². The van der Waals surface area contributed by atoms with Gasteiger partial charge in [-0.25, -0.2) is 4.39 Å². The summed E-state index contributed by atoms with van der Waals surface area (Å²) in [6.45, 7) is 7.73. The van der Waals surface area contributed by atoms with Gasteiger partial charge in [-0.3, -0.25) is 9.69 Å². The fourth-order valence-electron chi connectivity index (χ4n) is 3.90. The first-order valence-corrected chi connectivity index (χ1v) is 10.5. The standard InChI is InChI=1S/C25H27FN2O3/c1-18-12-19(2)14-23(13-18)30-17-22-6-7-24(31-22)25(29)28-10-8-27(9-11-28)16-20-4-3-5-21(26)15-20/h3-7,12-15H,8-11,16-17H2,1-2H3. The third-order valence-electron chi connectivity index (χ3n) is 5.40. The molecule has 162 valence electrons. The van der Waals surface area contributed by atoms with E-state index in [9.17, 15) is 9.18 Å². The van der Waals surface area contributed by atoms with Crippen molar-refractivity contribution in [1.82, 2.24) is 9.80 Å². The molecule has 3 aromatic rings. The van der Waals surface area contributed by atoms with E-state index in [2.05, 4.69) is 11.0 Å². The first-order valence-electron chi connectivity index (χ1n) is 10.5. The zero-order chi connectivity index (χ0) is 21.8. The zero-order valence-corrected chi connectivity index (χ0v) is 17.9. The van der Waals surface area contributed by atoms with Gasteiger partial charge in [0.25, 0.3) is 5.91 Å². The molecule has 0 unspecified atom stereocenters. The first-order chi connectivity index (χ1) is 15.0. The lowest BCUT2D eigenvalue weighted by Crippen LogP contribution is -2.48. The van der Waals surface area contributed by atoms with Crippen LogP contribution in [0.4, 0.5) is 4.39 Å². The molecule has 1 aromatic heterocycles. The number of halogens is 1. The van der Waals surface area contributed by atoms with Crippen LogP contribution in [0.3, 0.4) is 0 Å². The Balaban J connectivity index is 1.29. The molecule has 31 heavy (non-hydrogen) atoms. The van der Waals surface area contributed by atoms with Gasteiger partial charge in [-0.2, -0.15) is 0 Å². The Morgan fingerprint density at radius 1 is 1.00 bits per heavy atom. The van der Waals surface area contributed by atoms with Gasteiger partial charge in [-0.1, -0.05) is 18.2 Å². The largest absolute Gasteiger partial charge is 0.486 e. The lowest BCUT2D eigenvalue weighted by molar-refractivity contribution is 0.0594. The Morgan fingerprint density at radius 3 is 2.45 bits per heavy atom. The summed E-state index contributed by atoms with van der Waals surface area (Å²) >= 11 is 0. The van der Waals surface area contributed by atoms with Gasteiger partial charge in [-0.05, 0) is 66.9 Å². The Kier molecular flexibility index (Phi) is 6.37. The number of hydrogen-bond donors (Lipinski definition) is 0. The number of carbonyl (C=O) groups excluding carboxylic acids is 1. The Morgan fingerprint density at radius 2 is 1.74 bits per heavy atom. The number of piperazine rings is 1. The number of rotatable bonds is 6. The van der Waals surface area contributed by atoms with E-state index in [0.29, 0.717) is 31.2 Å². The van der Waals surface area contributed by atoms with Crippen LogP contribution in [0.5, 0.6) is 5.75 Å². The fraction of sp³-hybridized carbons (Fsp3) is 0.320. The molecule has 0 aliphatic carbocycles. The van der Waals surface area contributed by atoms with Gasteiger partial charge in [0, 0.05) is 32.7 Å². The average Bonchev–Trinajstić information content (AvgIpc) is 3.21. The number of furan rings is 1. The molecule has 1 aliphatic heterocycles. The molecule has 4 rings (SSSR count). The van der Waals surface area contributed by atoms with Crippen LogP contribution in [-0.4, -0.2) is 41.9 Å². The molecule has 2 heterocycles. The third-order valence-corrected chi connectivity index (χ3v) is 5.40. The number of nitrogens with zero attached hydrogens (tertiary/aromatic N) is 2. The highest BCUT2D eigenvalue weighted by atomic mass is 19.1. The molecule has 1 aliphatic rings. The molecule has 6 heteroatoms. The van der Waals surface area contributed by atoms with Crippen LogP contribution in [-0.2, 0) is 13.2 Å². The molecule has 0 radical (unpaired) electrons. The molecular weight excluding hydrogens is 395 g/mol. The van der Waals surface area contributed by atoms with Gasteiger partial charge >= 0.3 is 0 Å². The van der Waals surface area contributed by atoms with Gasteiger partial charge < -0.3 is 14.1 Å². The summed E-state index contributed by atoms with van der Waals surface area (Å²) in [5.74, 6) is 1.41. The fourth-order valence-corrected chi connectivity index (χ4v) is 3.90. The lowest BCUT2D eigenvalue weighted by atomic mass is 10.1. The van der Waals surface area contributed by atoms with E-state index in [1.807, 2.05) is 32.0 Å². The monoisotopic (exact) mass is 422 g/mol. The summed E-state index contributed by atoms with van der Waals surface area (Å²) in [6, 6.07) is 16.2. The highest BCUT2D eigenvalue weighted by molar-refractivity contribution is 5.91. The maximum Gasteiger partial charge on any atom is 0.289 e. The SMILES string of the molecule is Cc1cc(C)cc(OCc2ccc(C(=O)N3CCN(Cc4cccc(F)c4)CC3)o2)c1. The first kappa shape index (κ1) is 21.1. The number of ether oxygens (including phenoxy) is 1. The molecule has 1 amide bonds. The van der Waals surface area contributed by atoms with Gasteiger partial charge in [0.2, 0.25) is 0 Å². The van der Waals surface area contributed by atoms with Crippen molar-refractivity contribution in [2.75, 3.05) is 26.2 Å². The molecule has 0 spiro atoms.